The summed E-state index contributed by atoms with van der Waals surface area (Å²) >= 11 is 11.9. The van der Waals surface area contributed by atoms with Crippen LogP contribution < -0.4 is 10.6 Å². The maximum absolute atomic E-state index is 13.5. The standard InChI is InChI=1S/C21H15Cl2F3N2O3/c22-13-5-3-12(16(23)10-13)4-8-19(29)28-17-7-6-14(11-15(17)21(24,25)26)27-20(30)18-2-1-9-31-18/h1-3,5-7,9-11H,4,8H2,(H,27,30)(H,28,29). The van der Waals surface area contributed by atoms with Crippen LogP contribution in [0.15, 0.2) is 59.2 Å². The van der Waals surface area contributed by atoms with Gasteiger partial charge in [-0.3, -0.25) is 9.59 Å². The van der Waals surface area contributed by atoms with Gasteiger partial charge in [-0.2, -0.15) is 13.2 Å². The van der Waals surface area contributed by atoms with Gasteiger partial charge in [0.05, 0.1) is 17.5 Å². The molecule has 0 spiro atoms. The van der Waals surface area contributed by atoms with Crippen molar-refractivity contribution in [1.82, 2.24) is 0 Å². The Hall–Kier alpha value is -2.97. The molecule has 0 aliphatic carbocycles. The first-order chi connectivity index (χ1) is 14.6. The topological polar surface area (TPSA) is 71.3 Å². The molecule has 5 nitrogen and oxygen atoms in total. The van der Waals surface area contributed by atoms with Crippen molar-refractivity contribution in [2.24, 2.45) is 0 Å². The fraction of sp³-hybridized carbons (Fsp3) is 0.143. The van der Waals surface area contributed by atoms with Crippen LogP contribution in [-0.4, -0.2) is 11.8 Å². The van der Waals surface area contributed by atoms with Gasteiger partial charge in [0.1, 0.15) is 0 Å². The lowest BCUT2D eigenvalue weighted by atomic mass is 10.1. The second-order valence-corrected chi connectivity index (χ2v) is 7.32. The Bertz CT molecular complexity index is 1100. The smallest absolute Gasteiger partial charge is 0.418 e. The van der Waals surface area contributed by atoms with Gasteiger partial charge in [-0.15, -0.1) is 0 Å². The van der Waals surface area contributed by atoms with Gasteiger partial charge < -0.3 is 15.1 Å². The van der Waals surface area contributed by atoms with Crippen molar-refractivity contribution in [3.05, 3.63) is 81.7 Å². The van der Waals surface area contributed by atoms with Gasteiger partial charge in [-0.05, 0) is 54.4 Å². The first-order valence-electron chi connectivity index (χ1n) is 8.93. The summed E-state index contributed by atoms with van der Waals surface area (Å²) < 4.78 is 45.5. The molecule has 2 aromatic carbocycles. The number of hydrogen-bond donors (Lipinski definition) is 2. The highest BCUT2D eigenvalue weighted by molar-refractivity contribution is 6.35. The third kappa shape index (κ3) is 6.02. The van der Waals surface area contributed by atoms with Crippen molar-refractivity contribution >= 4 is 46.4 Å². The Morgan fingerprint density at radius 2 is 1.77 bits per heavy atom. The molecule has 0 aliphatic rings. The first kappa shape index (κ1) is 22.7. The fourth-order valence-corrected chi connectivity index (χ4v) is 3.25. The Balaban J connectivity index is 1.72. The molecular weight excluding hydrogens is 456 g/mol. The number of benzene rings is 2. The molecule has 0 saturated heterocycles. The minimum Gasteiger partial charge on any atom is -0.459 e. The maximum Gasteiger partial charge on any atom is 0.418 e. The van der Waals surface area contributed by atoms with Crippen molar-refractivity contribution in [2.75, 3.05) is 10.6 Å². The highest BCUT2D eigenvalue weighted by atomic mass is 35.5. The van der Waals surface area contributed by atoms with Gasteiger partial charge in [0.2, 0.25) is 5.91 Å². The second kappa shape index (κ2) is 9.45. The van der Waals surface area contributed by atoms with Crippen molar-refractivity contribution in [2.45, 2.75) is 19.0 Å². The summed E-state index contributed by atoms with van der Waals surface area (Å²) in [6.07, 6.45) is -3.35. The van der Waals surface area contributed by atoms with Gasteiger partial charge >= 0.3 is 6.18 Å². The predicted molar refractivity (Wildman–Crippen MR) is 112 cm³/mol. The molecule has 0 atom stereocenters. The molecule has 0 fully saturated rings. The quantitative estimate of drug-likeness (QED) is 0.436. The third-order valence-electron chi connectivity index (χ3n) is 4.24. The largest absolute Gasteiger partial charge is 0.459 e. The number of rotatable bonds is 6. The number of nitrogens with one attached hydrogen (secondary N) is 2. The van der Waals surface area contributed by atoms with Crippen LogP contribution in [0.25, 0.3) is 0 Å². The third-order valence-corrected chi connectivity index (χ3v) is 4.83. The lowest BCUT2D eigenvalue weighted by Crippen LogP contribution is -2.18. The van der Waals surface area contributed by atoms with Gasteiger partial charge in [-0.25, -0.2) is 0 Å². The zero-order valence-electron chi connectivity index (χ0n) is 15.7. The second-order valence-electron chi connectivity index (χ2n) is 6.47. The molecule has 1 aromatic heterocycles. The van der Waals surface area contributed by atoms with Crippen molar-refractivity contribution in [3.63, 3.8) is 0 Å². The van der Waals surface area contributed by atoms with E-state index in [1.54, 1.807) is 12.1 Å². The number of aryl methyl sites for hydroxylation is 1. The molecular formula is C21H15Cl2F3N2O3. The molecule has 3 aromatic rings. The number of furan rings is 1. The van der Waals surface area contributed by atoms with Crippen LogP contribution in [0, 0.1) is 0 Å². The number of carbonyl (C=O) groups excluding carboxylic acids is 2. The number of anilines is 2. The van der Waals surface area contributed by atoms with Crippen LogP contribution in [0.5, 0.6) is 0 Å². The van der Waals surface area contributed by atoms with E-state index in [9.17, 15) is 22.8 Å². The SMILES string of the molecule is O=C(CCc1ccc(Cl)cc1Cl)Nc1ccc(NC(=O)c2ccco2)cc1C(F)(F)F. The molecule has 0 unspecified atom stereocenters. The summed E-state index contributed by atoms with van der Waals surface area (Å²) in [5.74, 6) is -1.37. The van der Waals surface area contributed by atoms with Crippen LogP contribution in [0.2, 0.25) is 10.0 Å². The van der Waals surface area contributed by atoms with Crippen LogP contribution >= 0.6 is 23.2 Å². The van der Waals surface area contributed by atoms with Crippen molar-refractivity contribution < 1.29 is 27.2 Å². The Morgan fingerprint density at radius 3 is 2.42 bits per heavy atom. The average molecular weight is 471 g/mol. The van der Waals surface area contributed by atoms with E-state index < -0.39 is 29.2 Å². The van der Waals surface area contributed by atoms with E-state index in [0.717, 1.165) is 12.1 Å². The van der Waals surface area contributed by atoms with Crippen LogP contribution in [0.4, 0.5) is 24.5 Å². The van der Waals surface area contributed by atoms with Crippen LogP contribution in [-0.2, 0) is 17.4 Å². The van der Waals surface area contributed by atoms with Gasteiger partial charge in [0.25, 0.3) is 5.91 Å². The lowest BCUT2D eigenvalue weighted by Gasteiger charge is -2.16. The van der Waals surface area contributed by atoms with Crippen molar-refractivity contribution in [1.29, 1.82) is 0 Å². The molecule has 2 amide bonds. The van der Waals surface area contributed by atoms with E-state index in [4.69, 9.17) is 27.6 Å². The molecule has 0 aliphatic heterocycles. The number of alkyl halides is 3. The van der Waals surface area contributed by atoms with Gasteiger partial charge in [0.15, 0.2) is 5.76 Å². The van der Waals surface area contributed by atoms with Crippen molar-refractivity contribution in [3.8, 4) is 0 Å². The molecule has 162 valence electrons. The molecule has 10 heteroatoms. The average Bonchev–Trinajstić information content (AvgIpc) is 3.22. The summed E-state index contributed by atoms with van der Waals surface area (Å²) in [4.78, 5) is 24.2. The zero-order chi connectivity index (χ0) is 22.6. The highest BCUT2D eigenvalue weighted by Gasteiger charge is 2.34. The molecule has 2 N–H and O–H groups in total. The maximum atomic E-state index is 13.5. The summed E-state index contributed by atoms with van der Waals surface area (Å²) in [5, 5.41) is 5.40. The molecule has 31 heavy (non-hydrogen) atoms. The van der Waals surface area contributed by atoms with E-state index in [0.29, 0.717) is 15.6 Å². The minimum atomic E-state index is -4.76. The fourth-order valence-electron chi connectivity index (χ4n) is 2.75. The number of hydrogen-bond acceptors (Lipinski definition) is 3. The van der Waals surface area contributed by atoms with Crippen LogP contribution in [0.3, 0.4) is 0 Å². The Kier molecular flexibility index (Phi) is 6.92. The minimum absolute atomic E-state index is 0.0493. The number of amides is 2. The first-order valence-corrected chi connectivity index (χ1v) is 9.69. The summed E-state index contributed by atoms with van der Waals surface area (Å²) in [6.45, 7) is 0. The predicted octanol–water partition coefficient (Wildman–Crippen LogP) is 6.43. The number of halogens is 5. The van der Waals surface area contributed by atoms with Crippen LogP contribution in [0.1, 0.15) is 28.1 Å². The van der Waals surface area contributed by atoms with E-state index in [1.165, 1.54) is 30.5 Å². The monoisotopic (exact) mass is 470 g/mol. The van der Waals surface area contributed by atoms with Gasteiger partial charge in [-0.1, -0.05) is 29.3 Å². The Labute approximate surface area is 185 Å². The van der Waals surface area contributed by atoms with E-state index >= 15 is 0 Å². The lowest BCUT2D eigenvalue weighted by molar-refractivity contribution is -0.136. The zero-order valence-corrected chi connectivity index (χ0v) is 17.2. The summed E-state index contributed by atoms with van der Waals surface area (Å²) in [7, 11) is 0. The number of carbonyl (C=O) groups is 2. The van der Waals surface area contributed by atoms with E-state index in [1.807, 2.05) is 0 Å². The normalized spacial score (nSPS) is 11.3. The molecule has 0 radical (unpaired) electrons. The molecule has 3 rings (SSSR count). The molecule has 0 bridgehead atoms. The van der Waals surface area contributed by atoms with E-state index in [-0.39, 0.29) is 24.3 Å². The summed E-state index contributed by atoms with van der Waals surface area (Å²) in [6, 6.07) is 10.7. The van der Waals surface area contributed by atoms with E-state index in [2.05, 4.69) is 10.6 Å². The molecule has 0 saturated carbocycles. The summed E-state index contributed by atoms with van der Waals surface area (Å²) in [5.41, 5.74) is -0.966. The molecule has 1 heterocycles. The van der Waals surface area contributed by atoms with Gasteiger partial charge in [0, 0.05) is 22.2 Å². The highest BCUT2D eigenvalue weighted by Crippen LogP contribution is 2.37. The Morgan fingerprint density at radius 1 is 1.00 bits per heavy atom.